The molecule has 2 aromatic rings. The van der Waals surface area contributed by atoms with Crippen molar-refractivity contribution in [2.75, 3.05) is 13.2 Å². The monoisotopic (exact) mass is 377 g/mol. The summed E-state index contributed by atoms with van der Waals surface area (Å²) in [6, 6.07) is 6.91. The van der Waals surface area contributed by atoms with Crippen LogP contribution in [0, 0.1) is 0 Å². The van der Waals surface area contributed by atoms with E-state index in [1.807, 2.05) is 0 Å². The van der Waals surface area contributed by atoms with Crippen LogP contribution in [0.2, 0.25) is 0 Å². The lowest BCUT2D eigenvalue weighted by atomic mass is 9.80. The molecular weight excluding hydrogens is 354 g/mol. The maximum atomic E-state index is 5.86. The third-order valence-electron chi connectivity index (χ3n) is 5.42. The van der Waals surface area contributed by atoms with Gasteiger partial charge in [-0.15, -0.1) is 0 Å². The molecule has 4 rings (SSSR count). The summed E-state index contributed by atoms with van der Waals surface area (Å²) < 4.78 is 12.8. The fourth-order valence-corrected chi connectivity index (χ4v) is 5.08. The van der Waals surface area contributed by atoms with Crippen molar-refractivity contribution in [1.29, 1.82) is 0 Å². The maximum Gasteiger partial charge on any atom is 0.168 e. The minimum Gasteiger partial charge on any atom is -0.349 e. The molecule has 0 unspecified atom stereocenters. The van der Waals surface area contributed by atoms with Crippen molar-refractivity contribution >= 4 is 26.8 Å². The second-order valence-electron chi connectivity index (χ2n) is 7.19. The van der Waals surface area contributed by atoms with E-state index in [9.17, 15) is 0 Å². The molecule has 1 aromatic carbocycles. The first-order valence-corrected chi connectivity index (χ1v) is 9.46. The fourth-order valence-electron chi connectivity index (χ4n) is 4.19. The Hall–Kier alpha value is -0.840. The van der Waals surface area contributed by atoms with Gasteiger partial charge in [-0.25, -0.2) is 0 Å². The van der Waals surface area contributed by atoms with E-state index in [-0.39, 0.29) is 5.79 Å². The number of halogens is 1. The highest BCUT2D eigenvalue weighted by Gasteiger charge is 2.40. The second kappa shape index (κ2) is 5.91. The Kier molecular flexibility index (Phi) is 4.02. The Bertz CT molecular complexity index is 705. The summed E-state index contributed by atoms with van der Waals surface area (Å²) in [6.45, 7) is 6.01. The van der Waals surface area contributed by atoms with Crippen LogP contribution in [0.25, 0.3) is 10.9 Å². The minimum atomic E-state index is -0.263. The Morgan fingerprint density at radius 2 is 1.87 bits per heavy atom. The first-order chi connectivity index (χ1) is 11.1. The van der Waals surface area contributed by atoms with Gasteiger partial charge in [0.1, 0.15) is 0 Å². The summed E-state index contributed by atoms with van der Waals surface area (Å²) in [5.41, 5.74) is 4.06. The number of nitrogens with one attached hydrogen (secondary N) is 1. The number of aromatic nitrogens is 1. The molecule has 0 bridgehead atoms. The van der Waals surface area contributed by atoms with Crippen molar-refractivity contribution in [1.82, 2.24) is 4.98 Å². The molecule has 2 aliphatic rings. The molecule has 4 heteroatoms. The molecular formula is C19H24BrNO2. The first-order valence-electron chi connectivity index (χ1n) is 8.67. The summed E-state index contributed by atoms with van der Waals surface area (Å²) in [4.78, 5) is 3.45. The molecule has 0 atom stereocenters. The zero-order valence-corrected chi connectivity index (χ0v) is 15.4. The third kappa shape index (κ3) is 2.75. The molecule has 0 amide bonds. The van der Waals surface area contributed by atoms with Crippen LogP contribution in [0.1, 0.15) is 62.5 Å². The predicted molar refractivity (Wildman–Crippen MR) is 95.9 cm³/mol. The van der Waals surface area contributed by atoms with Crippen molar-refractivity contribution in [2.45, 2.75) is 57.2 Å². The van der Waals surface area contributed by atoms with Crippen LogP contribution in [0.5, 0.6) is 0 Å². The molecule has 1 spiro atoms. The van der Waals surface area contributed by atoms with Crippen molar-refractivity contribution in [3.8, 4) is 0 Å². The summed E-state index contributed by atoms with van der Waals surface area (Å²) >= 11 is 3.68. The van der Waals surface area contributed by atoms with E-state index < -0.39 is 0 Å². The van der Waals surface area contributed by atoms with Gasteiger partial charge < -0.3 is 14.5 Å². The molecule has 23 heavy (non-hydrogen) atoms. The molecule has 3 nitrogen and oxygen atoms in total. The average Bonchev–Trinajstić information content (AvgIpc) is 3.11. The molecule has 2 fully saturated rings. The van der Waals surface area contributed by atoms with Gasteiger partial charge in [-0.2, -0.15) is 0 Å². The number of ether oxygens (including phenoxy) is 2. The van der Waals surface area contributed by atoms with Crippen LogP contribution in [0.4, 0.5) is 0 Å². The molecule has 124 valence electrons. The van der Waals surface area contributed by atoms with E-state index in [0.29, 0.717) is 11.8 Å². The van der Waals surface area contributed by atoms with E-state index in [0.717, 1.165) is 43.5 Å². The smallest absolute Gasteiger partial charge is 0.168 e. The number of aromatic amines is 1. The lowest BCUT2D eigenvalue weighted by Gasteiger charge is -2.35. The number of hydrogen-bond acceptors (Lipinski definition) is 2. The van der Waals surface area contributed by atoms with Gasteiger partial charge in [-0.1, -0.05) is 19.9 Å². The van der Waals surface area contributed by atoms with Crippen LogP contribution in [-0.4, -0.2) is 24.0 Å². The second-order valence-corrected chi connectivity index (χ2v) is 7.99. The average molecular weight is 378 g/mol. The minimum absolute atomic E-state index is 0.263. The van der Waals surface area contributed by atoms with Crippen molar-refractivity contribution < 1.29 is 9.47 Å². The Labute approximate surface area is 145 Å². The molecule has 1 saturated carbocycles. The Morgan fingerprint density at radius 3 is 2.52 bits per heavy atom. The first kappa shape index (κ1) is 15.7. The number of benzene rings is 1. The lowest BCUT2D eigenvalue weighted by molar-refractivity contribution is -0.178. The van der Waals surface area contributed by atoms with Gasteiger partial charge in [0.25, 0.3) is 0 Å². The van der Waals surface area contributed by atoms with E-state index in [2.05, 4.69) is 53.0 Å². The maximum absolute atomic E-state index is 5.86. The van der Waals surface area contributed by atoms with E-state index in [1.165, 1.54) is 22.0 Å². The highest BCUT2D eigenvalue weighted by atomic mass is 79.9. The van der Waals surface area contributed by atoms with Gasteiger partial charge in [-0.3, -0.25) is 0 Å². The van der Waals surface area contributed by atoms with Gasteiger partial charge in [-0.05, 0) is 63.9 Å². The van der Waals surface area contributed by atoms with Gasteiger partial charge in [0.2, 0.25) is 0 Å². The van der Waals surface area contributed by atoms with Crippen molar-refractivity contribution in [2.24, 2.45) is 0 Å². The summed E-state index contributed by atoms with van der Waals surface area (Å²) in [7, 11) is 0. The zero-order chi connectivity index (χ0) is 16.0. The molecule has 1 aliphatic heterocycles. The van der Waals surface area contributed by atoms with Crippen LogP contribution in [0.3, 0.4) is 0 Å². The Balaban J connectivity index is 1.61. The highest BCUT2D eigenvalue weighted by molar-refractivity contribution is 9.10. The van der Waals surface area contributed by atoms with Crippen LogP contribution < -0.4 is 0 Å². The van der Waals surface area contributed by atoms with E-state index >= 15 is 0 Å². The highest BCUT2D eigenvalue weighted by Crippen LogP contribution is 2.43. The summed E-state index contributed by atoms with van der Waals surface area (Å²) in [5.74, 6) is 0.857. The Morgan fingerprint density at radius 1 is 1.17 bits per heavy atom. The summed E-state index contributed by atoms with van der Waals surface area (Å²) in [5, 5.41) is 1.36. The van der Waals surface area contributed by atoms with Gasteiger partial charge in [0.15, 0.2) is 5.79 Å². The lowest BCUT2D eigenvalue weighted by Crippen LogP contribution is -2.34. The molecule has 1 aromatic heterocycles. The van der Waals surface area contributed by atoms with Gasteiger partial charge in [0, 0.05) is 23.7 Å². The molecule has 1 N–H and O–H groups in total. The molecule has 2 heterocycles. The van der Waals surface area contributed by atoms with Crippen molar-refractivity contribution in [3.63, 3.8) is 0 Å². The quantitative estimate of drug-likeness (QED) is 0.754. The van der Waals surface area contributed by atoms with Gasteiger partial charge in [0.05, 0.1) is 17.8 Å². The van der Waals surface area contributed by atoms with Crippen LogP contribution >= 0.6 is 15.9 Å². The fraction of sp³-hybridized carbons (Fsp3) is 0.579. The van der Waals surface area contributed by atoms with Gasteiger partial charge >= 0.3 is 0 Å². The van der Waals surface area contributed by atoms with Crippen molar-refractivity contribution in [3.05, 3.63) is 33.9 Å². The number of rotatable bonds is 2. The zero-order valence-electron chi connectivity index (χ0n) is 13.8. The third-order valence-corrected chi connectivity index (χ3v) is 6.05. The molecule has 1 saturated heterocycles. The van der Waals surface area contributed by atoms with E-state index in [4.69, 9.17) is 9.47 Å². The normalized spacial score (nSPS) is 21.7. The van der Waals surface area contributed by atoms with Crippen LogP contribution in [-0.2, 0) is 9.47 Å². The standard InChI is InChI=1S/C19H24BrNO2/c1-12(2)17-15-11-14(3-4-16(15)21-18(17)20)13-5-7-19(8-6-13)22-9-10-23-19/h3-4,11-13,21H,5-10H2,1-2H3. The number of H-pyrrole nitrogens is 1. The summed E-state index contributed by atoms with van der Waals surface area (Å²) in [6.07, 6.45) is 4.33. The molecule has 1 aliphatic carbocycles. The number of fused-ring (bicyclic) bond motifs is 1. The topological polar surface area (TPSA) is 34.2 Å². The van der Waals surface area contributed by atoms with E-state index in [1.54, 1.807) is 0 Å². The number of hydrogen-bond donors (Lipinski definition) is 1. The molecule has 0 radical (unpaired) electrons. The predicted octanol–water partition coefficient (Wildman–Crippen LogP) is 5.45. The largest absolute Gasteiger partial charge is 0.349 e. The SMILES string of the molecule is CC(C)c1c(Br)[nH]c2ccc(C3CCC4(CC3)OCCO4)cc12. The van der Waals surface area contributed by atoms with Crippen LogP contribution in [0.15, 0.2) is 22.8 Å².